The second-order valence-electron chi connectivity index (χ2n) is 5.22. The molecule has 4 nitrogen and oxygen atoms in total. The largest absolute Gasteiger partial charge is 0.357 e. The average Bonchev–Trinajstić information content (AvgIpc) is 2.41. The molecule has 116 valence electrons. The van der Waals surface area contributed by atoms with E-state index in [0.29, 0.717) is 6.54 Å². The van der Waals surface area contributed by atoms with Gasteiger partial charge in [-0.2, -0.15) is 0 Å². The first-order chi connectivity index (χ1) is 9.26. The fourth-order valence-corrected chi connectivity index (χ4v) is 2.45. The van der Waals surface area contributed by atoms with Crippen molar-refractivity contribution in [3.05, 3.63) is 0 Å². The van der Waals surface area contributed by atoms with Crippen molar-refractivity contribution in [2.45, 2.75) is 33.1 Å². The zero-order valence-corrected chi connectivity index (χ0v) is 15.2. The summed E-state index contributed by atoms with van der Waals surface area (Å²) in [6.07, 6.45) is 9.08. The van der Waals surface area contributed by atoms with E-state index in [0.717, 1.165) is 37.9 Å². The van der Waals surface area contributed by atoms with Crippen molar-refractivity contribution in [1.82, 2.24) is 15.5 Å². The monoisotopic (exact) mass is 392 g/mol. The Labute approximate surface area is 141 Å². The highest BCUT2D eigenvalue weighted by atomic mass is 127. The topological polar surface area (TPSA) is 39.7 Å². The number of nitrogens with one attached hydrogen (secondary N) is 2. The Morgan fingerprint density at radius 3 is 2.90 bits per heavy atom. The van der Waals surface area contributed by atoms with Crippen molar-refractivity contribution in [3.63, 3.8) is 0 Å². The van der Waals surface area contributed by atoms with Gasteiger partial charge in [-0.25, -0.2) is 0 Å². The van der Waals surface area contributed by atoms with Gasteiger partial charge in [0.25, 0.3) is 0 Å². The van der Waals surface area contributed by atoms with Gasteiger partial charge in [0, 0.05) is 19.6 Å². The van der Waals surface area contributed by atoms with E-state index in [1.807, 2.05) is 0 Å². The lowest BCUT2D eigenvalue weighted by molar-refractivity contribution is 0.183. The molecule has 2 N–H and O–H groups in total. The summed E-state index contributed by atoms with van der Waals surface area (Å²) in [6.45, 7) is 10.3. The first kappa shape index (κ1) is 19.5. The van der Waals surface area contributed by atoms with Crippen molar-refractivity contribution >= 4 is 29.9 Å². The smallest absolute Gasteiger partial charge is 0.192 e. The summed E-state index contributed by atoms with van der Waals surface area (Å²) in [7, 11) is 0. The van der Waals surface area contributed by atoms with Crippen molar-refractivity contribution in [3.8, 4) is 12.3 Å². The highest BCUT2D eigenvalue weighted by molar-refractivity contribution is 14.0. The van der Waals surface area contributed by atoms with Gasteiger partial charge >= 0.3 is 0 Å². The number of halogens is 1. The van der Waals surface area contributed by atoms with Gasteiger partial charge in [0.1, 0.15) is 0 Å². The highest BCUT2D eigenvalue weighted by Gasteiger charge is 2.15. The number of terminal acetylenes is 1. The molecule has 1 heterocycles. The van der Waals surface area contributed by atoms with Crippen molar-refractivity contribution in [2.24, 2.45) is 10.9 Å². The molecule has 0 saturated carbocycles. The molecule has 0 aromatic heterocycles. The van der Waals surface area contributed by atoms with Gasteiger partial charge in [0.05, 0.1) is 6.54 Å². The number of nitrogens with zero attached hydrogens (tertiary/aromatic N) is 2. The number of aliphatic imine (C=N–C) groups is 1. The van der Waals surface area contributed by atoms with E-state index in [4.69, 9.17) is 6.42 Å². The van der Waals surface area contributed by atoms with E-state index in [-0.39, 0.29) is 24.0 Å². The van der Waals surface area contributed by atoms with Crippen LogP contribution >= 0.6 is 24.0 Å². The first-order valence-corrected chi connectivity index (χ1v) is 7.44. The van der Waals surface area contributed by atoms with E-state index in [1.165, 1.54) is 25.9 Å². The van der Waals surface area contributed by atoms with Crippen LogP contribution < -0.4 is 10.6 Å². The Balaban J connectivity index is 0.00000361. The molecule has 1 atom stereocenters. The van der Waals surface area contributed by atoms with Crippen molar-refractivity contribution in [2.75, 3.05) is 39.3 Å². The number of likely N-dealkylation sites (tertiary alicyclic amines) is 1. The van der Waals surface area contributed by atoms with Gasteiger partial charge in [-0.05, 0) is 45.2 Å². The summed E-state index contributed by atoms with van der Waals surface area (Å²) in [6, 6.07) is 0. The van der Waals surface area contributed by atoms with E-state index >= 15 is 0 Å². The molecule has 1 saturated heterocycles. The van der Waals surface area contributed by atoms with Crippen LogP contribution in [0.2, 0.25) is 0 Å². The molecule has 5 heteroatoms. The van der Waals surface area contributed by atoms with Gasteiger partial charge in [0.15, 0.2) is 5.96 Å². The van der Waals surface area contributed by atoms with E-state index in [2.05, 4.69) is 40.3 Å². The lowest BCUT2D eigenvalue weighted by atomic mass is 10.0. The molecule has 0 radical (unpaired) electrons. The van der Waals surface area contributed by atoms with Crippen molar-refractivity contribution < 1.29 is 0 Å². The molecule has 1 rings (SSSR count). The van der Waals surface area contributed by atoms with Crippen LogP contribution in [0.5, 0.6) is 0 Å². The summed E-state index contributed by atoms with van der Waals surface area (Å²) in [5, 5.41) is 6.30. The molecule has 0 aliphatic carbocycles. The van der Waals surface area contributed by atoms with E-state index in [9.17, 15) is 0 Å². The van der Waals surface area contributed by atoms with E-state index in [1.54, 1.807) is 0 Å². The zero-order valence-electron chi connectivity index (χ0n) is 12.8. The molecule has 1 aliphatic heterocycles. The Morgan fingerprint density at radius 2 is 2.25 bits per heavy atom. The summed E-state index contributed by atoms with van der Waals surface area (Å²) in [4.78, 5) is 7.09. The van der Waals surface area contributed by atoms with Gasteiger partial charge in [-0.3, -0.25) is 4.99 Å². The Morgan fingerprint density at radius 1 is 1.45 bits per heavy atom. The molecule has 20 heavy (non-hydrogen) atoms. The van der Waals surface area contributed by atoms with Crippen LogP contribution in [0.15, 0.2) is 4.99 Å². The lowest BCUT2D eigenvalue weighted by Gasteiger charge is -2.30. The van der Waals surface area contributed by atoms with Gasteiger partial charge in [-0.1, -0.05) is 12.8 Å². The van der Waals surface area contributed by atoms with Crippen LogP contribution in [0.4, 0.5) is 0 Å². The molecule has 1 unspecified atom stereocenters. The standard InChI is InChI=1S/C15H28N4.HI/c1-4-9-17-15(16-5-2)18-10-7-12-19-11-6-8-14(3)13-19;/h1,14H,5-13H2,2-3H3,(H2,16,17,18);1H. The minimum Gasteiger partial charge on any atom is -0.357 e. The average molecular weight is 392 g/mol. The third-order valence-corrected chi connectivity index (χ3v) is 3.35. The highest BCUT2D eigenvalue weighted by Crippen LogP contribution is 2.15. The minimum atomic E-state index is 0. The molecule has 0 aromatic carbocycles. The van der Waals surface area contributed by atoms with Gasteiger partial charge in [-0.15, -0.1) is 30.4 Å². The van der Waals surface area contributed by atoms with Gasteiger partial charge in [0.2, 0.25) is 0 Å². The molecule has 1 aliphatic rings. The third kappa shape index (κ3) is 8.64. The summed E-state index contributed by atoms with van der Waals surface area (Å²) < 4.78 is 0. The third-order valence-electron chi connectivity index (χ3n) is 3.35. The molecular weight excluding hydrogens is 363 g/mol. The number of piperidine rings is 1. The van der Waals surface area contributed by atoms with Crippen LogP contribution in [0.25, 0.3) is 0 Å². The van der Waals surface area contributed by atoms with Crippen LogP contribution in [-0.4, -0.2) is 50.1 Å². The SMILES string of the molecule is C#CCNC(=NCCCN1CCCC(C)C1)NCC.I. The predicted octanol–water partition coefficient (Wildman–Crippen LogP) is 1.91. The lowest BCUT2D eigenvalue weighted by Crippen LogP contribution is -2.38. The molecule has 0 amide bonds. The van der Waals surface area contributed by atoms with Crippen LogP contribution in [0, 0.1) is 18.3 Å². The van der Waals surface area contributed by atoms with Crippen LogP contribution in [-0.2, 0) is 0 Å². The van der Waals surface area contributed by atoms with E-state index < -0.39 is 0 Å². The summed E-state index contributed by atoms with van der Waals surface area (Å²) >= 11 is 0. The summed E-state index contributed by atoms with van der Waals surface area (Å²) in [5.74, 6) is 4.24. The molecule has 0 bridgehead atoms. The predicted molar refractivity (Wildman–Crippen MR) is 97.7 cm³/mol. The second-order valence-corrected chi connectivity index (χ2v) is 5.22. The molecule has 0 spiro atoms. The fraction of sp³-hybridized carbons (Fsp3) is 0.800. The molecule has 1 fully saturated rings. The van der Waals surface area contributed by atoms with Crippen LogP contribution in [0.3, 0.4) is 0 Å². The normalized spacial score (nSPS) is 19.9. The fourth-order valence-electron chi connectivity index (χ4n) is 2.45. The maximum Gasteiger partial charge on any atom is 0.192 e. The Kier molecular flexibility index (Phi) is 12.0. The molecular formula is C15H29IN4. The number of rotatable bonds is 6. The number of guanidine groups is 1. The Hall–Kier alpha value is -0.480. The number of hydrogen-bond donors (Lipinski definition) is 2. The van der Waals surface area contributed by atoms with Crippen LogP contribution in [0.1, 0.15) is 33.1 Å². The maximum atomic E-state index is 5.24. The Bertz CT molecular complexity index is 311. The first-order valence-electron chi connectivity index (χ1n) is 7.44. The number of hydrogen-bond acceptors (Lipinski definition) is 2. The minimum absolute atomic E-state index is 0. The zero-order chi connectivity index (χ0) is 13.9. The summed E-state index contributed by atoms with van der Waals surface area (Å²) in [5.41, 5.74) is 0. The van der Waals surface area contributed by atoms with Crippen molar-refractivity contribution in [1.29, 1.82) is 0 Å². The second kappa shape index (κ2) is 12.3. The quantitative estimate of drug-likeness (QED) is 0.239. The molecule has 0 aromatic rings. The van der Waals surface area contributed by atoms with Gasteiger partial charge < -0.3 is 15.5 Å². The maximum absolute atomic E-state index is 5.24.